The fraction of sp³-hybridized carbons (Fsp3) is 0.233. The number of ketones is 1. The highest BCUT2D eigenvalue weighted by atomic mass is 16.7. The number of hydrogen-bond donors (Lipinski definition) is 0. The minimum absolute atomic E-state index is 0.0774. The van der Waals surface area contributed by atoms with Gasteiger partial charge in [0, 0.05) is 17.8 Å². The highest BCUT2D eigenvalue weighted by molar-refractivity contribution is 6.24. The van der Waals surface area contributed by atoms with Gasteiger partial charge < -0.3 is 23.8 Å². The van der Waals surface area contributed by atoms with E-state index >= 15 is 0 Å². The number of hydrogen-bond acceptors (Lipinski definition) is 8. The van der Waals surface area contributed by atoms with E-state index in [9.17, 15) is 14.4 Å². The Hall–Kier alpha value is -4.79. The summed E-state index contributed by atoms with van der Waals surface area (Å²) in [6.07, 6.45) is 3.76. The van der Waals surface area contributed by atoms with E-state index in [1.54, 1.807) is 36.4 Å². The Balaban J connectivity index is 1.35. The van der Waals surface area contributed by atoms with E-state index in [1.165, 1.54) is 19.1 Å². The topological polar surface area (TPSA) is 94.6 Å². The molecule has 2 amide bonds. The SMILES string of the molecule is COc1ccc(C(=O)C2C3C(=O)N(c4ccc5c(c4)OCO5)C(=O)C3C3c4ccccc4C=CN23)cc1OC. The highest BCUT2D eigenvalue weighted by Crippen LogP contribution is 2.54. The fourth-order valence-electron chi connectivity index (χ4n) is 6.30. The zero-order chi connectivity index (χ0) is 26.8. The van der Waals surface area contributed by atoms with Gasteiger partial charge in [-0.3, -0.25) is 14.4 Å². The van der Waals surface area contributed by atoms with Gasteiger partial charge in [0.05, 0.1) is 37.8 Å². The van der Waals surface area contributed by atoms with E-state index in [0.29, 0.717) is 34.2 Å². The van der Waals surface area contributed by atoms with Crippen molar-refractivity contribution in [2.75, 3.05) is 25.9 Å². The predicted molar refractivity (Wildman–Crippen MR) is 140 cm³/mol. The quantitative estimate of drug-likeness (QED) is 0.367. The van der Waals surface area contributed by atoms with E-state index in [0.717, 1.165) is 11.1 Å². The summed E-state index contributed by atoms with van der Waals surface area (Å²) in [7, 11) is 3.02. The summed E-state index contributed by atoms with van der Waals surface area (Å²) in [5.41, 5.74) is 2.63. The van der Waals surface area contributed by atoms with Gasteiger partial charge in [0.2, 0.25) is 18.6 Å². The predicted octanol–water partition coefficient (Wildman–Crippen LogP) is 3.83. The number of anilines is 1. The second-order valence-electron chi connectivity index (χ2n) is 9.82. The van der Waals surface area contributed by atoms with E-state index in [-0.39, 0.29) is 18.5 Å². The van der Waals surface area contributed by atoms with Gasteiger partial charge in [-0.2, -0.15) is 0 Å². The number of amides is 2. The van der Waals surface area contributed by atoms with Crippen molar-refractivity contribution < 1.29 is 33.3 Å². The third-order valence-electron chi connectivity index (χ3n) is 8.01. The van der Waals surface area contributed by atoms with Crippen molar-refractivity contribution in [1.29, 1.82) is 0 Å². The Labute approximate surface area is 224 Å². The molecule has 0 spiro atoms. The van der Waals surface area contributed by atoms with Crippen molar-refractivity contribution >= 4 is 29.4 Å². The molecule has 0 radical (unpaired) electrons. The molecule has 7 rings (SSSR count). The van der Waals surface area contributed by atoms with Gasteiger partial charge in [-0.05, 0) is 47.5 Å². The van der Waals surface area contributed by atoms with Crippen LogP contribution in [-0.2, 0) is 9.59 Å². The highest BCUT2D eigenvalue weighted by Gasteiger charge is 2.64. The molecule has 3 aromatic rings. The van der Waals surface area contributed by atoms with Gasteiger partial charge in [-0.25, -0.2) is 4.90 Å². The minimum Gasteiger partial charge on any atom is -0.493 e. The van der Waals surface area contributed by atoms with Crippen LogP contribution in [0.2, 0.25) is 0 Å². The number of imide groups is 1. The lowest BCUT2D eigenvalue weighted by molar-refractivity contribution is -0.123. The maximum Gasteiger partial charge on any atom is 0.240 e. The molecule has 4 aliphatic rings. The van der Waals surface area contributed by atoms with Crippen molar-refractivity contribution in [1.82, 2.24) is 4.90 Å². The molecule has 0 aliphatic carbocycles. The van der Waals surface area contributed by atoms with Crippen LogP contribution in [0.1, 0.15) is 27.5 Å². The maximum atomic E-state index is 14.2. The molecule has 4 atom stereocenters. The molecule has 2 fully saturated rings. The number of methoxy groups -OCH3 is 2. The van der Waals surface area contributed by atoms with Crippen LogP contribution in [0.15, 0.2) is 66.9 Å². The molecule has 4 aliphatic heterocycles. The summed E-state index contributed by atoms with van der Waals surface area (Å²) < 4.78 is 21.6. The number of rotatable bonds is 5. The molecule has 9 heteroatoms. The third-order valence-corrected chi connectivity index (χ3v) is 8.01. The minimum atomic E-state index is -0.891. The van der Waals surface area contributed by atoms with Crippen molar-refractivity contribution in [3.63, 3.8) is 0 Å². The lowest BCUT2D eigenvalue weighted by atomic mass is 9.83. The van der Waals surface area contributed by atoms with E-state index in [2.05, 4.69) is 0 Å². The number of carbonyl (C=O) groups excluding carboxylic acids is 3. The third kappa shape index (κ3) is 3.29. The Bertz CT molecular complexity index is 1580. The van der Waals surface area contributed by atoms with Crippen LogP contribution in [0, 0.1) is 11.8 Å². The van der Waals surface area contributed by atoms with Gasteiger partial charge >= 0.3 is 0 Å². The smallest absolute Gasteiger partial charge is 0.240 e. The standard InChI is InChI=1S/C30H24N2O7/c1-36-20-9-7-17(13-22(20)37-2)28(33)27-25-24(26-19-6-4-3-5-16(19)11-12-31(26)27)29(34)32(30(25)35)18-8-10-21-23(14-18)39-15-38-21/h3-14,24-27H,15H2,1-2H3. The van der Waals surface area contributed by atoms with Crippen molar-refractivity contribution in [3.8, 4) is 23.0 Å². The van der Waals surface area contributed by atoms with Crippen LogP contribution in [0.25, 0.3) is 6.08 Å². The summed E-state index contributed by atoms with van der Waals surface area (Å²) in [4.78, 5) is 45.5. The Morgan fingerprint density at radius 2 is 1.64 bits per heavy atom. The van der Waals surface area contributed by atoms with Crippen molar-refractivity contribution in [2.24, 2.45) is 11.8 Å². The first-order chi connectivity index (χ1) is 19.0. The van der Waals surface area contributed by atoms with Crippen LogP contribution in [0.3, 0.4) is 0 Å². The second kappa shape index (κ2) is 8.62. The fourth-order valence-corrected chi connectivity index (χ4v) is 6.30. The summed E-state index contributed by atoms with van der Waals surface area (Å²) in [5.74, 6) is -0.741. The van der Waals surface area contributed by atoms with Gasteiger partial charge in [0.1, 0.15) is 6.04 Å². The number of nitrogens with zero attached hydrogens (tertiary/aromatic N) is 2. The number of benzene rings is 3. The summed E-state index contributed by atoms with van der Waals surface area (Å²) in [6.45, 7) is 0.0774. The molecular formula is C30H24N2O7. The number of fused-ring (bicyclic) bond motifs is 6. The lowest BCUT2D eigenvalue weighted by Gasteiger charge is -2.35. The normalized spacial score (nSPS) is 23.9. The molecule has 0 N–H and O–H groups in total. The summed E-state index contributed by atoms with van der Waals surface area (Å²) in [6, 6.07) is 16.3. The average molecular weight is 525 g/mol. The van der Waals surface area contributed by atoms with Gasteiger partial charge in [0.15, 0.2) is 28.8 Å². The molecule has 196 valence electrons. The van der Waals surface area contributed by atoms with Gasteiger partial charge in [0.25, 0.3) is 0 Å². The molecule has 2 saturated heterocycles. The largest absolute Gasteiger partial charge is 0.493 e. The van der Waals surface area contributed by atoms with E-state index < -0.39 is 29.8 Å². The van der Waals surface area contributed by atoms with Crippen LogP contribution in [0.5, 0.6) is 23.0 Å². The Morgan fingerprint density at radius 1 is 0.872 bits per heavy atom. The number of ether oxygens (including phenoxy) is 4. The molecule has 0 bridgehead atoms. The molecule has 9 nitrogen and oxygen atoms in total. The van der Waals surface area contributed by atoms with Crippen LogP contribution < -0.4 is 23.8 Å². The van der Waals surface area contributed by atoms with Crippen LogP contribution in [-0.4, -0.2) is 49.6 Å². The zero-order valence-corrected chi connectivity index (χ0v) is 21.2. The first-order valence-corrected chi connectivity index (χ1v) is 12.6. The molecule has 0 aromatic heterocycles. The van der Waals surface area contributed by atoms with Gasteiger partial charge in [-0.1, -0.05) is 24.3 Å². The second-order valence-corrected chi connectivity index (χ2v) is 9.82. The molecule has 3 aromatic carbocycles. The van der Waals surface area contributed by atoms with Crippen LogP contribution in [0.4, 0.5) is 5.69 Å². The van der Waals surface area contributed by atoms with Crippen molar-refractivity contribution in [2.45, 2.75) is 12.1 Å². The molecular weight excluding hydrogens is 500 g/mol. The monoisotopic (exact) mass is 524 g/mol. The number of carbonyl (C=O) groups is 3. The van der Waals surface area contributed by atoms with Crippen LogP contribution >= 0.6 is 0 Å². The molecule has 39 heavy (non-hydrogen) atoms. The average Bonchev–Trinajstić information content (AvgIpc) is 3.64. The lowest BCUT2D eigenvalue weighted by Crippen LogP contribution is -2.44. The molecule has 4 unspecified atom stereocenters. The number of Topliss-reactive ketones (excluding diaryl/α,β-unsaturated/α-hetero) is 1. The Kier molecular flexibility index (Phi) is 5.16. The molecule has 4 heterocycles. The van der Waals surface area contributed by atoms with Crippen molar-refractivity contribution in [3.05, 3.63) is 83.6 Å². The van der Waals surface area contributed by atoms with E-state index in [4.69, 9.17) is 18.9 Å². The summed E-state index contributed by atoms with van der Waals surface area (Å²) >= 11 is 0. The molecule has 0 saturated carbocycles. The summed E-state index contributed by atoms with van der Waals surface area (Å²) in [5, 5.41) is 0. The first kappa shape index (κ1) is 23.3. The Morgan fingerprint density at radius 3 is 2.46 bits per heavy atom. The van der Waals surface area contributed by atoms with E-state index in [1.807, 2.05) is 41.4 Å². The maximum absolute atomic E-state index is 14.2. The zero-order valence-electron chi connectivity index (χ0n) is 21.2. The van der Waals surface area contributed by atoms with Gasteiger partial charge in [-0.15, -0.1) is 0 Å². The first-order valence-electron chi connectivity index (χ1n) is 12.6.